The zero-order valence-electron chi connectivity index (χ0n) is 11.0. The third-order valence-corrected chi connectivity index (χ3v) is 3.59. The Bertz CT molecular complexity index is 522. The largest absolute Gasteiger partial charge is 0.462 e. The number of nitrogens with one attached hydrogen (secondary N) is 2. The summed E-state index contributed by atoms with van der Waals surface area (Å²) in [5.74, 6) is 0.737. The summed E-state index contributed by atoms with van der Waals surface area (Å²) < 4.78 is 5.28. The van der Waals surface area contributed by atoms with Gasteiger partial charge in [-0.1, -0.05) is 6.92 Å². The zero-order valence-corrected chi connectivity index (χ0v) is 11.8. The molecule has 2 aromatic rings. The summed E-state index contributed by atoms with van der Waals surface area (Å²) in [4.78, 5) is 16.2. The molecule has 0 aliphatic heterocycles. The highest BCUT2D eigenvalue weighted by atomic mass is 32.1. The summed E-state index contributed by atoms with van der Waals surface area (Å²) in [6.07, 6.45) is 1.62. The molecular formula is C13H17N3O2S. The van der Waals surface area contributed by atoms with Gasteiger partial charge in [0.25, 0.3) is 0 Å². The van der Waals surface area contributed by atoms with E-state index in [4.69, 9.17) is 4.42 Å². The van der Waals surface area contributed by atoms with Crippen molar-refractivity contribution < 1.29 is 9.21 Å². The fourth-order valence-electron chi connectivity index (χ4n) is 1.65. The molecule has 0 aromatic carbocycles. The van der Waals surface area contributed by atoms with Crippen molar-refractivity contribution in [3.8, 4) is 10.8 Å². The minimum Gasteiger partial charge on any atom is -0.462 e. The van der Waals surface area contributed by atoms with E-state index in [2.05, 4.69) is 15.6 Å². The summed E-state index contributed by atoms with van der Waals surface area (Å²) in [5.41, 5.74) is 0.849. The number of rotatable bonds is 6. The predicted molar refractivity (Wildman–Crippen MR) is 74.8 cm³/mol. The fraction of sp³-hybridized carbons (Fsp3) is 0.385. The van der Waals surface area contributed by atoms with Crippen molar-refractivity contribution in [2.45, 2.75) is 13.5 Å². The van der Waals surface area contributed by atoms with Gasteiger partial charge in [-0.2, -0.15) is 0 Å². The molecule has 102 valence electrons. The van der Waals surface area contributed by atoms with Crippen LogP contribution in [0.15, 0.2) is 28.2 Å². The van der Waals surface area contributed by atoms with Gasteiger partial charge >= 0.3 is 0 Å². The summed E-state index contributed by atoms with van der Waals surface area (Å²) in [6.45, 7) is 3.01. The first-order valence-corrected chi connectivity index (χ1v) is 6.99. The van der Waals surface area contributed by atoms with Crippen molar-refractivity contribution in [2.75, 3.05) is 13.6 Å². The lowest BCUT2D eigenvalue weighted by Crippen LogP contribution is -2.33. The molecule has 19 heavy (non-hydrogen) atoms. The molecule has 0 spiro atoms. The molecule has 1 unspecified atom stereocenters. The number of aromatic nitrogens is 1. The summed E-state index contributed by atoms with van der Waals surface area (Å²) in [5, 5.41) is 8.62. The van der Waals surface area contributed by atoms with Gasteiger partial charge < -0.3 is 15.1 Å². The molecule has 6 heteroatoms. The molecule has 2 aromatic heterocycles. The second kappa shape index (κ2) is 6.49. The van der Waals surface area contributed by atoms with E-state index in [0.29, 0.717) is 13.1 Å². The maximum absolute atomic E-state index is 11.7. The van der Waals surface area contributed by atoms with Crippen molar-refractivity contribution in [3.05, 3.63) is 29.5 Å². The van der Waals surface area contributed by atoms with Gasteiger partial charge in [0.2, 0.25) is 5.91 Å². The van der Waals surface area contributed by atoms with Gasteiger partial charge in [-0.25, -0.2) is 4.98 Å². The van der Waals surface area contributed by atoms with E-state index in [-0.39, 0.29) is 11.8 Å². The normalized spacial score (nSPS) is 12.3. The van der Waals surface area contributed by atoms with Crippen LogP contribution in [-0.2, 0) is 11.3 Å². The molecule has 5 nitrogen and oxygen atoms in total. The third-order valence-electron chi connectivity index (χ3n) is 2.69. The number of nitrogens with zero attached hydrogens (tertiary/aromatic N) is 1. The Morgan fingerprint density at radius 2 is 2.42 bits per heavy atom. The standard InChI is InChI=1S/C13H17N3O2S/c1-9(6-14-2)12(17)15-7-10-8-19-13(16-10)11-4-3-5-18-11/h3-5,8-9,14H,6-7H2,1-2H3,(H,15,17). The molecule has 0 radical (unpaired) electrons. The Labute approximate surface area is 116 Å². The van der Waals surface area contributed by atoms with Crippen molar-refractivity contribution in [1.29, 1.82) is 0 Å². The maximum atomic E-state index is 11.7. The molecule has 0 aliphatic rings. The molecule has 1 atom stereocenters. The minimum absolute atomic E-state index is 0.0295. The van der Waals surface area contributed by atoms with Crippen molar-refractivity contribution in [1.82, 2.24) is 15.6 Å². The number of carbonyl (C=O) groups excluding carboxylic acids is 1. The molecule has 0 aliphatic carbocycles. The van der Waals surface area contributed by atoms with Crippen LogP contribution in [0.25, 0.3) is 10.8 Å². The number of amides is 1. The third kappa shape index (κ3) is 3.65. The van der Waals surface area contributed by atoms with Crippen molar-refractivity contribution in [2.24, 2.45) is 5.92 Å². The Kier molecular flexibility index (Phi) is 4.70. The molecule has 1 amide bonds. The van der Waals surface area contributed by atoms with Crippen molar-refractivity contribution in [3.63, 3.8) is 0 Å². The summed E-state index contributed by atoms with van der Waals surface area (Å²) in [6, 6.07) is 3.70. The highest BCUT2D eigenvalue weighted by Crippen LogP contribution is 2.23. The first kappa shape index (κ1) is 13.8. The molecule has 2 heterocycles. The number of thiazole rings is 1. The van der Waals surface area contributed by atoms with Crippen LogP contribution in [0.4, 0.5) is 0 Å². The van der Waals surface area contributed by atoms with Crippen LogP contribution in [0.2, 0.25) is 0 Å². The smallest absolute Gasteiger partial charge is 0.224 e. The quantitative estimate of drug-likeness (QED) is 0.847. The van der Waals surface area contributed by atoms with E-state index in [1.807, 2.05) is 31.5 Å². The van der Waals surface area contributed by atoms with Gasteiger partial charge in [0, 0.05) is 17.8 Å². The Morgan fingerprint density at radius 3 is 3.11 bits per heavy atom. The topological polar surface area (TPSA) is 67.2 Å². The lowest BCUT2D eigenvalue weighted by atomic mass is 10.1. The lowest BCUT2D eigenvalue weighted by Gasteiger charge is -2.10. The molecule has 0 saturated heterocycles. The second-order valence-electron chi connectivity index (χ2n) is 4.30. The lowest BCUT2D eigenvalue weighted by molar-refractivity contribution is -0.124. The summed E-state index contributed by atoms with van der Waals surface area (Å²) in [7, 11) is 1.83. The van der Waals surface area contributed by atoms with E-state index >= 15 is 0 Å². The van der Waals surface area contributed by atoms with Crippen LogP contribution < -0.4 is 10.6 Å². The fourth-order valence-corrected chi connectivity index (χ4v) is 2.44. The van der Waals surface area contributed by atoms with Crippen LogP contribution in [0.5, 0.6) is 0 Å². The molecule has 0 fully saturated rings. The van der Waals surface area contributed by atoms with Crippen molar-refractivity contribution >= 4 is 17.2 Å². The summed E-state index contributed by atoms with van der Waals surface area (Å²) >= 11 is 1.51. The van der Waals surface area contributed by atoms with E-state index in [1.165, 1.54) is 11.3 Å². The highest BCUT2D eigenvalue weighted by molar-refractivity contribution is 7.13. The van der Waals surface area contributed by atoms with Crippen LogP contribution in [0, 0.1) is 5.92 Å². The van der Waals surface area contributed by atoms with Gasteiger partial charge in [0.05, 0.1) is 18.5 Å². The number of carbonyl (C=O) groups is 1. The molecule has 2 N–H and O–H groups in total. The SMILES string of the molecule is CNCC(C)C(=O)NCc1csc(-c2ccco2)n1. The van der Waals surface area contributed by atoms with E-state index in [0.717, 1.165) is 16.5 Å². The average Bonchev–Trinajstić information content (AvgIpc) is 3.06. The van der Waals surface area contributed by atoms with Gasteiger partial charge in [-0.3, -0.25) is 4.79 Å². The zero-order chi connectivity index (χ0) is 13.7. The first-order chi connectivity index (χ1) is 9.20. The van der Waals surface area contributed by atoms with Crippen LogP contribution in [-0.4, -0.2) is 24.5 Å². The molecule has 2 rings (SSSR count). The number of hydrogen-bond donors (Lipinski definition) is 2. The van der Waals surface area contributed by atoms with Gasteiger partial charge in [0.15, 0.2) is 10.8 Å². The van der Waals surface area contributed by atoms with E-state index < -0.39 is 0 Å². The highest BCUT2D eigenvalue weighted by Gasteiger charge is 2.12. The Balaban J connectivity index is 1.89. The van der Waals surface area contributed by atoms with Crippen LogP contribution in [0.1, 0.15) is 12.6 Å². The van der Waals surface area contributed by atoms with E-state index in [1.54, 1.807) is 6.26 Å². The second-order valence-corrected chi connectivity index (χ2v) is 5.16. The van der Waals surface area contributed by atoms with E-state index in [9.17, 15) is 4.79 Å². The Hall–Kier alpha value is -1.66. The predicted octanol–water partition coefficient (Wildman–Crippen LogP) is 1.87. The van der Waals surface area contributed by atoms with Gasteiger partial charge in [-0.15, -0.1) is 11.3 Å². The monoisotopic (exact) mass is 279 g/mol. The molecular weight excluding hydrogens is 262 g/mol. The maximum Gasteiger partial charge on any atom is 0.224 e. The number of furan rings is 1. The first-order valence-electron chi connectivity index (χ1n) is 6.11. The average molecular weight is 279 g/mol. The van der Waals surface area contributed by atoms with Gasteiger partial charge in [-0.05, 0) is 19.2 Å². The van der Waals surface area contributed by atoms with Crippen LogP contribution in [0.3, 0.4) is 0 Å². The number of hydrogen-bond acceptors (Lipinski definition) is 5. The van der Waals surface area contributed by atoms with Crippen LogP contribution >= 0.6 is 11.3 Å². The molecule has 0 saturated carbocycles. The minimum atomic E-state index is -0.0480. The van der Waals surface area contributed by atoms with Gasteiger partial charge in [0.1, 0.15) is 0 Å². The Morgan fingerprint density at radius 1 is 1.58 bits per heavy atom. The molecule has 0 bridgehead atoms.